The highest BCUT2D eigenvalue weighted by molar-refractivity contribution is 5.20. The van der Waals surface area contributed by atoms with Gasteiger partial charge in [-0.05, 0) is 24.2 Å². The first-order valence-corrected chi connectivity index (χ1v) is 4.53. The molecule has 0 bridgehead atoms. The van der Waals surface area contributed by atoms with Gasteiger partial charge in [0.1, 0.15) is 0 Å². The Balaban J connectivity index is 2.66. The fraction of sp³-hybridized carbons (Fsp3) is 0.636. The largest absolute Gasteiger partial charge is 0.396 e. The molecule has 1 N–H and O–H groups in total. The molecule has 0 radical (unpaired) electrons. The first-order valence-electron chi connectivity index (χ1n) is 4.53. The second kappa shape index (κ2) is 3.44. The Kier molecular flexibility index (Phi) is 2.73. The minimum absolute atomic E-state index is 0.258. The Hall–Kier alpha value is -0.560. The van der Waals surface area contributed by atoms with Gasteiger partial charge >= 0.3 is 0 Å². The van der Waals surface area contributed by atoms with Gasteiger partial charge in [0.05, 0.1) is 0 Å². The van der Waals surface area contributed by atoms with Gasteiger partial charge in [-0.1, -0.05) is 38.2 Å². The molecule has 1 heteroatoms. The van der Waals surface area contributed by atoms with Gasteiger partial charge in [0, 0.05) is 6.61 Å². The molecule has 0 saturated heterocycles. The van der Waals surface area contributed by atoms with Crippen LogP contribution in [0.4, 0.5) is 0 Å². The third-order valence-corrected chi connectivity index (χ3v) is 2.43. The molecule has 1 aliphatic rings. The van der Waals surface area contributed by atoms with E-state index >= 15 is 0 Å². The Bertz CT molecular complexity index is 201. The molecule has 12 heavy (non-hydrogen) atoms. The summed E-state index contributed by atoms with van der Waals surface area (Å²) in [5.74, 6) is 0.406. The third kappa shape index (κ3) is 2.21. The maximum atomic E-state index is 8.79. The van der Waals surface area contributed by atoms with Gasteiger partial charge in [0.15, 0.2) is 0 Å². The van der Waals surface area contributed by atoms with E-state index in [4.69, 9.17) is 5.11 Å². The fourth-order valence-electron chi connectivity index (χ4n) is 1.73. The summed E-state index contributed by atoms with van der Waals surface area (Å²) in [6, 6.07) is 0. The Morgan fingerprint density at radius 1 is 1.67 bits per heavy atom. The summed E-state index contributed by atoms with van der Waals surface area (Å²) in [5.41, 5.74) is 1.53. The van der Waals surface area contributed by atoms with Gasteiger partial charge in [-0.3, -0.25) is 0 Å². The molecule has 0 aliphatic heterocycles. The zero-order valence-electron chi connectivity index (χ0n) is 8.01. The van der Waals surface area contributed by atoms with Crippen molar-refractivity contribution in [1.29, 1.82) is 0 Å². The Labute approximate surface area is 74.8 Å². The SMILES string of the molecule is C=C1CC(C)(C)C=CC1CCO. The number of aliphatic hydroxyl groups is 1. The average Bonchev–Trinajstić information content (AvgIpc) is 1.94. The molecular weight excluding hydrogens is 148 g/mol. The first kappa shape index (κ1) is 9.53. The van der Waals surface area contributed by atoms with Crippen molar-refractivity contribution in [3.8, 4) is 0 Å². The summed E-state index contributed by atoms with van der Waals surface area (Å²) >= 11 is 0. The molecule has 0 aromatic rings. The number of aliphatic hydroxyl groups excluding tert-OH is 1. The van der Waals surface area contributed by atoms with Crippen LogP contribution in [-0.4, -0.2) is 11.7 Å². The molecule has 0 aromatic carbocycles. The normalized spacial score (nSPS) is 27.6. The highest BCUT2D eigenvalue weighted by atomic mass is 16.3. The third-order valence-electron chi connectivity index (χ3n) is 2.43. The molecule has 0 amide bonds. The van der Waals surface area contributed by atoms with Gasteiger partial charge in [0.2, 0.25) is 0 Å². The highest BCUT2D eigenvalue weighted by Gasteiger charge is 2.23. The molecule has 68 valence electrons. The molecule has 1 rings (SSSR count). The van der Waals surface area contributed by atoms with Crippen LogP contribution in [0.1, 0.15) is 26.7 Å². The van der Waals surface area contributed by atoms with E-state index in [2.05, 4.69) is 32.6 Å². The predicted octanol–water partition coefficient (Wildman–Crippen LogP) is 2.53. The molecule has 0 spiro atoms. The van der Waals surface area contributed by atoms with Gasteiger partial charge < -0.3 is 5.11 Å². The molecule has 1 aliphatic carbocycles. The van der Waals surface area contributed by atoms with Crippen LogP contribution >= 0.6 is 0 Å². The van der Waals surface area contributed by atoms with E-state index in [1.807, 2.05) is 0 Å². The van der Waals surface area contributed by atoms with Crippen LogP contribution in [0.5, 0.6) is 0 Å². The van der Waals surface area contributed by atoms with Crippen LogP contribution < -0.4 is 0 Å². The summed E-state index contributed by atoms with van der Waals surface area (Å²) in [4.78, 5) is 0. The lowest BCUT2D eigenvalue weighted by Crippen LogP contribution is -2.18. The van der Waals surface area contributed by atoms with Crippen LogP contribution in [0.15, 0.2) is 24.3 Å². The van der Waals surface area contributed by atoms with Crippen LogP contribution in [0.3, 0.4) is 0 Å². The number of hydrogen-bond acceptors (Lipinski definition) is 1. The van der Waals surface area contributed by atoms with Crippen molar-refractivity contribution < 1.29 is 5.11 Å². The van der Waals surface area contributed by atoms with E-state index in [1.54, 1.807) is 0 Å². The van der Waals surface area contributed by atoms with Crippen molar-refractivity contribution in [1.82, 2.24) is 0 Å². The maximum absolute atomic E-state index is 8.79. The van der Waals surface area contributed by atoms with Gasteiger partial charge in [-0.15, -0.1) is 0 Å². The zero-order valence-corrected chi connectivity index (χ0v) is 8.01. The van der Waals surface area contributed by atoms with Gasteiger partial charge in [-0.2, -0.15) is 0 Å². The second-order valence-corrected chi connectivity index (χ2v) is 4.30. The molecule has 0 saturated carbocycles. The predicted molar refractivity (Wildman–Crippen MR) is 51.9 cm³/mol. The highest BCUT2D eigenvalue weighted by Crippen LogP contribution is 2.36. The van der Waals surface area contributed by atoms with Crippen LogP contribution in [0, 0.1) is 11.3 Å². The molecule has 0 heterocycles. The number of allylic oxidation sites excluding steroid dienone is 3. The molecular formula is C11H18O. The summed E-state index contributed by atoms with van der Waals surface area (Å²) in [6.07, 6.45) is 6.30. The number of hydrogen-bond donors (Lipinski definition) is 1. The van der Waals surface area contributed by atoms with Crippen LogP contribution in [-0.2, 0) is 0 Å². The Morgan fingerprint density at radius 2 is 2.33 bits per heavy atom. The summed E-state index contributed by atoms with van der Waals surface area (Å²) in [7, 11) is 0. The summed E-state index contributed by atoms with van der Waals surface area (Å²) < 4.78 is 0. The minimum Gasteiger partial charge on any atom is -0.396 e. The van der Waals surface area contributed by atoms with E-state index in [0.29, 0.717) is 5.92 Å². The van der Waals surface area contributed by atoms with Crippen molar-refractivity contribution in [3.63, 3.8) is 0 Å². The summed E-state index contributed by atoms with van der Waals surface area (Å²) in [6.45, 7) is 8.73. The van der Waals surface area contributed by atoms with Crippen LogP contribution in [0.25, 0.3) is 0 Å². The van der Waals surface area contributed by atoms with E-state index in [0.717, 1.165) is 12.8 Å². The molecule has 0 fully saturated rings. The summed E-state index contributed by atoms with van der Waals surface area (Å²) in [5, 5.41) is 8.79. The average molecular weight is 166 g/mol. The lowest BCUT2D eigenvalue weighted by molar-refractivity contribution is 0.271. The first-order chi connectivity index (χ1) is 5.55. The van der Waals surface area contributed by atoms with Gasteiger partial charge in [-0.25, -0.2) is 0 Å². The van der Waals surface area contributed by atoms with E-state index in [-0.39, 0.29) is 12.0 Å². The van der Waals surface area contributed by atoms with E-state index in [9.17, 15) is 0 Å². The van der Waals surface area contributed by atoms with Crippen molar-refractivity contribution in [3.05, 3.63) is 24.3 Å². The topological polar surface area (TPSA) is 20.2 Å². The van der Waals surface area contributed by atoms with Crippen molar-refractivity contribution in [2.75, 3.05) is 6.61 Å². The maximum Gasteiger partial charge on any atom is 0.0439 e. The zero-order chi connectivity index (χ0) is 9.19. The van der Waals surface area contributed by atoms with Crippen molar-refractivity contribution >= 4 is 0 Å². The molecule has 1 atom stereocenters. The fourth-order valence-corrected chi connectivity index (χ4v) is 1.73. The number of rotatable bonds is 2. The van der Waals surface area contributed by atoms with E-state index < -0.39 is 0 Å². The second-order valence-electron chi connectivity index (χ2n) is 4.30. The van der Waals surface area contributed by atoms with Crippen molar-refractivity contribution in [2.24, 2.45) is 11.3 Å². The van der Waals surface area contributed by atoms with E-state index in [1.165, 1.54) is 5.57 Å². The van der Waals surface area contributed by atoms with Crippen molar-refractivity contribution in [2.45, 2.75) is 26.7 Å². The van der Waals surface area contributed by atoms with Gasteiger partial charge in [0.25, 0.3) is 0 Å². The molecule has 1 unspecified atom stereocenters. The molecule has 0 aromatic heterocycles. The monoisotopic (exact) mass is 166 g/mol. The van der Waals surface area contributed by atoms with Crippen LogP contribution in [0.2, 0.25) is 0 Å². The Morgan fingerprint density at radius 3 is 2.83 bits per heavy atom. The molecule has 1 nitrogen and oxygen atoms in total. The smallest absolute Gasteiger partial charge is 0.0439 e. The lowest BCUT2D eigenvalue weighted by Gasteiger charge is -2.30. The standard InChI is InChI=1S/C11H18O/c1-9-8-11(2,3)6-4-10(9)5-7-12/h4,6,10,12H,1,5,7-8H2,2-3H3. The minimum atomic E-state index is 0.258. The lowest BCUT2D eigenvalue weighted by atomic mass is 9.75. The quantitative estimate of drug-likeness (QED) is 0.625.